The Bertz CT molecular complexity index is 841. The first-order valence-electron chi connectivity index (χ1n) is 9.60. The van der Waals surface area contributed by atoms with E-state index in [2.05, 4.69) is 0 Å². The van der Waals surface area contributed by atoms with E-state index in [9.17, 15) is 14.0 Å². The minimum absolute atomic E-state index is 0.0399. The molecule has 2 amide bonds. The Morgan fingerprint density at radius 1 is 1.14 bits per heavy atom. The van der Waals surface area contributed by atoms with Gasteiger partial charge in [0, 0.05) is 35.6 Å². The van der Waals surface area contributed by atoms with Crippen LogP contribution in [0.25, 0.3) is 0 Å². The second kappa shape index (κ2) is 8.21. The summed E-state index contributed by atoms with van der Waals surface area (Å²) in [5.74, 6) is -0.399. The van der Waals surface area contributed by atoms with E-state index in [-0.39, 0.29) is 36.1 Å². The van der Waals surface area contributed by atoms with Gasteiger partial charge < -0.3 is 9.80 Å². The highest BCUT2D eigenvalue weighted by molar-refractivity contribution is 7.12. The molecule has 1 saturated heterocycles. The zero-order valence-electron chi connectivity index (χ0n) is 15.4. The molecule has 2 aromatic rings. The van der Waals surface area contributed by atoms with Crippen molar-refractivity contribution in [2.45, 2.75) is 38.3 Å². The number of hydrogen-bond donors (Lipinski definition) is 0. The molecule has 4 nitrogen and oxygen atoms in total. The van der Waals surface area contributed by atoms with Crippen LogP contribution in [0.15, 0.2) is 35.7 Å². The van der Waals surface area contributed by atoms with Crippen molar-refractivity contribution in [3.63, 3.8) is 0 Å². The van der Waals surface area contributed by atoms with Gasteiger partial charge in [0.05, 0.1) is 11.4 Å². The third-order valence-electron chi connectivity index (χ3n) is 5.52. The van der Waals surface area contributed by atoms with Crippen LogP contribution in [0.3, 0.4) is 0 Å². The Balaban J connectivity index is 1.41. The number of hydrogen-bond acceptors (Lipinski definition) is 3. The molecular weight excluding hydrogens is 399 g/mol. The van der Waals surface area contributed by atoms with Gasteiger partial charge in [-0.05, 0) is 49.3 Å². The molecule has 2 fully saturated rings. The van der Waals surface area contributed by atoms with Crippen LogP contribution in [0.2, 0.25) is 5.02 Å². The van der Waals surface area contributed by atoms with Gasteiger partial charge in [-0.25, -0.2) is 4.39 Å². The number of piperidine rings is 1. The molecule has 1 aliphatic carbocycles. The Morgan fingerprint density at radius 3 is 2.50 bits per heavy atom. The molecule has 1 aromatic heterocycles. The summed E-state index contributed by atoms with van der Waals surface area (Å²) in [6, 6.07) is 8.49. The lowest BCUT2D eigenvalue weighted by Gasteiger charge is -2.34. The number of amides is 2. The predicted octanol–water partition coefficient (Wildman–Crippen LogP) is 4.58. The van der Waals surface area contributed by atoms with Crippen molar-refractivity contribution in [1.29, 1.82) is 0 Å². The van der Waals surface area contributed by atoms with Crippen LogP contribution in [0.4, 0.5) is 4.39 Å². The summed E-state index contributed by atoms with van der Waals surface area (Å²) in [4.78, 5) is 30.0. The van der Waals surface area contributed by atoms with Crippen molar-refractivity contribution >= 4 is 34.8 Å². The van der Waals surface area contributed by atoms with Crippen molar-refractivity contribution in [1.82, 2.24) is 9.80 Å². The van der Waals surface area contributed by atoms with Crippen LogP contribution < -0.4 is 0 Å². The molecule has 7 heteroatoms. The number of likely N-dealkylation sites (tertiary alicyclic amines) is 1. The fourth-order valence-corrected chi connectivity index (χ4v) is 4.66. The van der Waals surface area contributed by atoms with Gasteiger partial charge in [-0.15, -0.1) is 11.3 Å². The quantitative estimate of drug-likeness (QED) is 0.710. The van der Waals surface area contributed by atoms with Gasteiger partial charge >= 0.3 is 0 Å². The molecule has 1 aromatic carbocycles. The van der Waals surface area contributed by atoms with Crippen LogP contribution in [-0.4, -0.2) is 40.7 Å². The smallest absolute Gasteiger partial charge is 0.263 e. The second-order valence-electron chi connectivity index (χ2n) is 7.44. The topological polar surface area (TPSA) is 40.6 Å². The molecule has 1 saturated carbocycles. The van der Waals surface area contributed by atoms with E-state index in [1.807, 2.05) is 22.4 Å². The number of benzene rings is 1. The van der Waals surface area contributed by atoms with Gasteiger partial charge in [0.15, 0.2) is 0 Å². The van der Waals surface area contributed by atoms with Crippen LogP contribution in [0.1, 0.15) is 40.9 Å². The summed E-state index contributed by atoms with van der Waals surface area (Å²) in [5.41, 5.74) is 0.384. The van der Waals surface area contributed by atoms with Gasteiger partial charge in [-0.1, -0.05) is 23.7 Å². The van der Waals surface area contributed by atoms with Gasteiger partial charge in [-0.2, -0.15) is 0 Å². The monoisotopic (exact) mass is 420 g/mol. The fourth-order valence-electron chi connectivity index (χ4n) is 3.75. The molecule has 28 heavy (non-hydrogen) atoms. The van der Waals surface area contributed by atoms with Crippen molar-refractivity contribution in [3.05, 3.63) is 57.0 Å². The molecule has 4 rings (SSSR count). The van der Waals surface area contributed by atoms with E-state index in [4.69, 9.17) is 11.6 Å². The highest BCUT2D eigenvalue weighted by Gasteiger charge is 2.38. The number of nitrogens with zero attached hydrogens (tertiary/aromatic N) is 2. The lowest BCUT2D eigenvalue weighted by Crippen LogP contribution is -2.44. The van der Waals surface area contributed by atoms with Gasteiger partial charge in [-0.3, -0.25) is 9.59 Å². The summed E-state index contributed by atoms with van der Waals surface area (Å²) in [7, 11) is 0. The molecule has 2 heterocycles. The molecule has 0 spiro atoms. The number of rotatable bonds is 5. The molecule has 0 unspecified atom stereocenters. The van der Waals surface area contributed by atoms with E-state index < -0.39 is 0 Å². The molecule has 1 aliphatic heterocycles. The third kappa shape index (κ3) is 4.08. The minimum Gasteiger partial charge on any atom is -0.338 e. The van der Waals surface area contributed by atoms with Crippen LogP contribution in [0.5, 0.6) is 0 Å². The normalized spacial score (nSPS) is 17.6. The standard InChI is InChI=1S/C21H22ClFN2O2S/c22-17-3-1-4-18(23)16(17)13-25(15-6-7-15)20(26)14-8-10-24(11-9-14)21(27)19-5-2-12-28-19/h1-5,12,14-15H,6-11,13H2. The van der Waals surface area contributed by atoms with E-state index in [1.165, 1.54) is 17.4 Å². The van der Waals surface area contributed by atoms with E-state index in [1.54, 1.807) is 17.0 Å². The van der Waals surface area contributed by atoms with Crippen molar-refractivity contribution in [2.75, 3.05) is 13.1 Å². The number of halogens is 2. The Labute approximate surface area is 172 Å². The molecule has 0 atom stereocenters. The van der Waals surface area contributed by atoms with Crippen LogP contribution >= 0.6 is 22.9 Å². The van der Waals surface area contributed by atoms with Crippen molar-refractivity contribution in [2.24, 2.45) is 5.92 Å². The first kappa shape index (κ1) is 19.4. The maximum atomic E-state index is 14.2. The third-order valence-corrected chi connectivity index (χ3v) is 6.74. The zero-order valence-corrected chi connectivity index (χ0v) is 17.0. The Kier molecular flexibility index (Phi) is 5.69. The van der Waals surface area contributed by atoms with Gasteiger partial charge in [0.25, 0.3) is 5.91 Å². The molecule has 148 valence electrons. The van der Waals surface area contributed by atoms with E-state index in [0.29, 0.717) is 36.5 Å². The molecule has 2 aliphatic rings. The molecular formula is C21H22ClFN2O2S. The maximum absolute atomic E-state index is 14.2. The lowest BCUT2D eigenvalue weighted by molar-refractivity contribution is -0.138. The number of carbonyl (C=O) groups excluding carboxylic acids is 2. The SMILES string of the molecule is O=C(c1cccs1)N1CCC(C(=O)N(Cc2c(F)cccc2Cl)C2CC2)CC1. The Hall–Kier alpha value is -1.92. The molecule has 0 radical (unpaired) electrons. The van der Waals surface area contributed by atoms with Gasteiger partial charge in [0.2, 0.25) is 5.91 Å². The fraction of sp³-hybridized carbons (Fsp3) is 0.429. The molecule has 0 bridgehead atoms. The van der Waals surface area contributed by atoms with E-state index >= 15 is 0 Å². The summed E-state index contributed by atoms with van der Waals surface area (Å²) in [5, 5.41) is 2.25. The van der Waals surface area contributed by atoms with Crippen molar-refractivity contribution < 1.29 is 14.0 Å². The summed E-state index contributed by atoms with van der Waals surface area (Å²) >= 11 is 7.61. The molecule has 0 N–H and O–H groups in total. The zero-order chi connectivity index (χ0) is 19.7. The average Bonchev–Trinajstić information content (AvgIpc) is 3.39. The Morgan fingerprint density at radius 2 is 1.89 bits per heavy atom. The lowest BCUT2D eigenvalue weighted by atomic mass is 9.94. The van der Waals surface area contributed by atoms with Gasteiger partial charge in [0.1, 0.15) is 5.82 Å². The largest absolute Gasteiger partial charge is 0.338 e. The highest BCUT2D eigenvalue weighted by Crippen LogP contribution is 2.33. The van der Waals surface area contributed by atoms with Crippen molar-refractivity contribution in [3.8, 4) is 0 Å². The number of thiophene rings is 1. The van der Waals surface area contributed by atoms with Crippen LogP contribution in [-0.2, 0) is 11.3 Å². The highest BCUT2D eigenvalue weighted by atomic mass is 35.5. The second-order valence-corrected chi connectivity index (χ2v) is 8.80. The average molecular weight is 421 g/mol. The summed E-state index contributed by atoms with van der Waals surface area (Å²) < 4.78 is 14.2. The summed E-state index contributed by atoms with van der Waals surface area (Å²) in [6.07, 6.45) is 3.19. The van der Waals surface area contributed by atoms with E-state index in [0.717, 1.165) is 17.7 Å². The first-order valence-corrected chi connectivity index (χ1v) is 10.9. The number of carbonyl (C=O) groups is 2. The maximum Gasteiger partial charge on any atom is 0.263 e. The first-order chi connectivity index (χ1) is 13.5. The predicted molar refractivity (Wildman–Crippen MR) is 108 cm³/mol. The van der Waals surface area contributed by atoms with Crippen LogP contribution in [0, 0.1) is 11.7 Å². The summed E-state index contributed by atoms with van der Waals surface area (Å²) in [6.45, 7) is 1.36. The minimum atomic E-state index is -0.373.